The molecule has 0 aliphatic rings. The summed E-state index contributed by atoms with van der Waals surface area (Å²) in [6.45, 7) is 15.7. The number of amides is 4. The summed E-state index contributed by atoms with van der Waals surface area (Å²) in [5, 5.41) is 2.60. The summed E-state index contributed by atoms with van der Waals surface area (Å²) in [6, 6.07) is -0.400. The van der Waals surface area contributed by atoms with Crippen molar-refractivity contribution in [3.63, 3.8) is 0 Å². The van der Waals surface area contributed by atoms with Gasteiger partial charge in [-0.15, -0.1) is 0 Å². The molecule has 1 N–H and O–H groups in total. The van der Waals surface area contributed by atoms with Gasteiger partial charge < -0.3 is 20.0 Å². The topological polar surface area (TPSA) is 73.0 Å². The maximum Gasteiger partial charge on any atom is 0.321 e. The van der Waals surface area contributed by atoms with Crippen LogP contribution in [0.1, 0.15) is 67.7 Å². The average molecular weight is 385 g/mol. The zero-order chi connectivity index (χ0) is 21.2. The lowest BCUT2D eigenvalue weighted by molar-refractivity contribution is -0.146. The number of hydrogen-bond donors (Lipinski definition) is 1. The van der Waals surface area contributed by atoms with E-state index < -0.39 is 5.54 Å². The van der Waals surface area contributed by atoms with Gasteiger partial charge in [0.05, 0.1) is 6.42 Å². The zero-order valence-corrected chi connectivity index (χ0v) is 18.6. The normalized spacial score (nSPS) is 13.1. The predicted octanol–water partition coefficient (Wildman–Crippen LogP) is 2.70. The number of nitrogens with zero attached hydrogens (tertiary/aromatic N) is 3. The number of carbonyl (C=O) groups excluding carboxylic acids is 3. The lowest BCUT2D eigenvalue weighted by Gasteiger charge is -2.46. The summed E-state index contributed by atoms with van der Waals surface area (Å²) < 4.78 is 0. The Morgan fingerprint density at radius 3 is 1.74 bits per heavy atom. The van der Waals surface area contributed by atoms with Crippen molar-refractivity contribution in [2.45, 2.75) is 79.3 Å². The van der Waals surface area contributed by atoms with E-state index in [0.717, 1.165) is 12.8 Å². The molecule has 0 fully saturated rings. The van der Waals surface area contributed by atoms with Crippen LogP contribution in [0.25, 0.3) is 0 Å². The van der Waals surface area contributed by atoms with Crippen LogP contribution >= 0.6 is 0 Å². The van der Waals surface area contributed by atoms with Crippen molar-refractivity contribution in [1.82, 2.24) is 20.0 Å². The van der Waals surface area contributed by atoms with E-state index in [0.29, 0.717) is 26.2 Å². The lowest BCUT2D eigenvalue weighted by atomic mass is 9.91. The van der Waals surface area contributed by atoms with E-state index >= 15 is 0 Å². The Kier molecular flexibility index (Phi) is 11.0. The first-order valence-corrected chi connectivity index (χ1v) is 10.2. The molecule has 0 aromatic carbocycles. The van der Waals surface area contributed by atoms with Gasteiger partial charge in [-0.3, -0.25) is 9.59 Å². The van der Waals surface area contributed by atoms with E-state index in [1.807, 2.05) is 41.5 Å². The van der Waals surface area contributed by atoms with Crippen molar-refractivity contribution >= 4 is 17.8 Å². The molecule has 0 saturated heterocycles. The van der Waals surface area contributed by atoms with Gasteiger partial charge in [-0.1, -0.05) is 13.8 Å². The summed E-state index contributed by atoms with van der Waals surface area (Å²) in [4.78, 5) is 44.2. The standard InChI is InChI=1S/C20H40N4O3/c1-9-13-23(14-10-2)19(27)24(16(5)6)20(7,15-17(25)21-8)18(26)22(11-3)12-4/h16H,9-15H2,1-8H3,(H,21,25). The summed E-state index contributed by atoms with van der Waals surface area (Å²) in [6.07, 6.45) is 1.62. The fourth-order valence-electron chi connectivity index (χ4n) is 3.51. The third-order valence-electron chi connectivity index (χ3n) is 4.81. The second-order valence-corrected chi connectivity index (χ2v) is 7.33. The van der Waals surface area contributed by atoms with Gasteiger partial charge in [0.2, 0.25) is 11.8 Å². The van der Waals surface area contributed by atoms with E-state index in [1.54, 1.807) is 28.7 Å². The molecule has 0 aromatic heterocycles. The minimum absolute atomic E-state index is 0.0607. The minimum atomic E-state index is -1.24. The molecule has 0 radical (unpaired) electrons. The van der Waals surface area contributed by atoms with Crippen molar-refractivity contribution in [2.75, 3.05) is 33.2 Å². The van der Waals surface area contributed by atoms with E-state index in [1.165, 1.54) is 0 Å². The lowest BCUT2D eigenvalue weighted by Crippen LogP contribution is -2.65. The molecule has 1 unspecified atom stereocenters. The molecule has 27 heavy (non-hydrogen) atoms. The molecular formula is C20H40N4O3. The Morgan fingerprint density at radius 1 is 0.926 bits per heavy atom. The molecule has 0 heterocycles. The van der Waals surface area contributed by atoms with Crippen LogP contribution in [-0.4, -0.2) is 77.4 Å². The highest BCUT2D eigenvalue weighted by molar-refractivity contribution is 5.95. The highest BCUT2D eigenvalue weighted by Gasteiger charge is 2.47. The molecule has 1 atom stereocenters. The Morgan fingerprint density at radius 2 is 1.41 bits per heavy atom. The van der Waals surface area contributed by atoms with Crippen LogP contribution in [0.5, 0.6) is 0 Å². The van der Waals surface area contributed by atoms with Crippen molar-refractivity contribution < 1.29 is 14.4 Å². The van der Waals surface area contributed by atoms with Gasteiger partial charge >= 0.3 is 6.03 Å². The van der Waals surface area contributed by atoms with Crippen LogP contribution in [0.3, 0.4) is 0 Å². The smallest absolute Gasteiger partial charge is 0.321 e. The fourth-order valence-corrected chi connectivity index (χ4v) is 3.51. The number of rotatable bonds is 11. The van der Waals surface area contributed by atoms with Gasteiger partial charge in [-0.05, 0) is 47.5 Å². The zero-order valence-electron chi connectivity index (χ0n) is 18.6. The van der Waals surface area contributed by atoms with Crippen molar-refractivity contribution in [3.05, 3.63) is 0 Å². The maximum atomic E-state index is 13.4. The molecule has 0 spiro atoms. The largest absolute Gasteiger partial charge is 0.359 e. The molecule has 0 aliphatic heterocycles. The van der Waals surface area contributed by atoms with Crippen LogP contribution in [0.2, 0.25) is 0 Å². The van der Waals surface area contributed by atoms with Gasteiger partial charge in [-0.2, -0.15) is 0 Å². The van der Waals surface area contributed by atoms with E-state index in [9.17, 15) is 14.4 Å². The maximum absolute atomic E-state index is 13.4. The molecule has 4 amide bonds. The molecule has 0 saturated carbocycles. The van der Waals surface area contributed by atoms with Crippen LogP contribution in [0.4, 0.5) is 4.79 Å². The first kappa shape index (κ1) is 25.2. The predicted molar refractivity (Wildman–Crippen MR) is 110 cm³/mol. The number of urea groups is 1. The average Bonchev–Trinajstić information content (AvgIpc) is 2.61. The summed E-state index contributed by atoms with van der Waals surface area (Å²) in [5.41, 5.74) is -1.24. The summed E-state index contributed by atoms with van der Waals surface area (Å²) in [5.74, 6) is -0.444. The first-order chi connectivity index (χ1) is 12.6. The number of hydrogen-bond acceptors (Lipinski definition) is 3. The van der Waals surface area contributed by atoms with Crippen molar-refractivity contribution in [1.29, 1.82) is 0 Å². The quantitative estimate of drug-likeness (QED) is 0.595. The first-order valence-electron chi connectivity index (χ1n) is 10.2. The Bertz CT molecular complexity index is 486. The molecule has 7 heteroatoms. The SMILES string of the molecule is CCCN(CCC)C(=O)N(C(C)C)C(C)(CC(=O)NC)C(=O)N(CC)CC. The Labute approximate surface area is 165 Å². The Hall–Kier alpha value is -1.79. The van der Waals surface area contributed by atoms with E-state index in [4.69, 9.17) is 0 Å². The molecule has 0 aliphatic carbocycles. The third-order valence-corrected chi connectivity index (χ3v) is 4.81. The second kappa shape index (κ2) is 11.8. The second-order valence-electron chi connectivity index (χ2n) is 7.33. The van der Waals surface area contributed by atoms with Crippen molar-refractivity contribution in [2.24, 2.45) is 0 Å². The molecular weight excluding hydrogens is 344 g/mol. The van der Waals surface area contributed by atoms with E-state index in [2.05, 4.69) is 5.32 Å². The fraction of sp³-hybridized carbons (Fsp3) is 0.850. The molecule has 7 nitrogen and oxygen atoms in total. The van der Waals surface area contributed by atoms with Crippen LogP contribution in [-0.2, 0) is 9.59 Å². The number of carbonyl (C=O) groups is 3. The third kappa shape index (κ3) is 6.40. The van der Waals surface area contributed by atoms with Crippen LogP contribution in [0, 0.1) is 0 Å². The van der Waals surface area contributed by atoms with Gasteiger partial charge in [0.15, 0.2) is 0 Å². The van der Waals surface area contributed by atoms with Gasteiger partial charge in [-0.25, -0.2) is 4.79 Å². The van der Waals surface area contributed by atoms with Gasteiger partial charge in [0.1, 0.15) is 5.54 Å². The van der Waals surface area contributed by atoms with Gasteiger partial charge in [0.25, 0.3) is 0 Å². The van der Waals surface area contributed by atoms with E-state index in [-0.39, 0.29) is 30.3 Å². The monoisotopic (exact) mass is 384 g/mol. The Balaban J connectivity index is 6.19. The van der Waals surface area contributed by atoms with Gasteiger partial charge in [0, 0.05) is 39.3 Å². The van der Waals surface area contributed by atoms with Crippen LogP contribution in [0.15, 0.2) is 0 Å². The minimum Gasteiger partial charge on any atom is -0.359 e. The summed E-state index contributed by atoms with van der Waals surface area (Å²) in [7, 11) is 1.55. The number of likely N-dealkylation sites (N-methyl/N-ethyl adjacent to an activating group) is 1. The van der Waals surface area contributed by atoms with Crippen molar-refractivity contribution in [3.8, 4) is 0 Å². The van der Waals surface area contributed by atoms with Crippen LogP contribution < -0.4 is 5.32 Å². The molecule has 0 bridgehead atoms. The molecule has 158 valence electrons. The highest BCUT2D eigenvalue weighted by Crippen LogP contribution is 2.27. The molecule has 0 rings (SSSR count). The number of nitrogens with one attached hydrogen (secondary N) is 1. The highest BCUT2D eigenvalue weighted by atomic mass is 16.2. The molecule has 0 aromatic rings. The summed E-state index contributed by atoms with van der Waals surface area (Å²) >= 11 is 0.